The highest BCUT2D eigenvalue weighted by molar-refractivity contribution is 5.97. The van der Waals surface area contributed by atoms with Gasteiger partial charge in [-0.3, -0.25) is 14.9 Å². The van der Waals surface area contributed by atoms with Crippen LogP contribution in [-0.2, 0) is 14.3 Å². The largest absolute Gasteiger partial charge is 0.452 e. The van der Waals surface area contributed by atoms with E-state index < -0.39 is 18.0 Å². The van der Waals surface area contributed by atoms with Crippen molar-refractivity contribution < 1.29 is 19.1 Å². The summed E-state index contributed by atoms with van der Waals surface area (Å²) in [7, 11) is 0. The molecule has 0 radical (unpaired) electrons. The molecule has 2 fully saturated rings. The lowest BCUT2D eigenvalue weighted by molar-refractivity contribution is -0.160. The van der Waals surface area contributed by atoms with Crippen molar-refractivity contribution in [1.82, 2.24) is 10.6 Å². The van der Waals surface area contributed by atoms with Gasteiger partial charge in [-0.05, 0) is 32.6 Å². The average molecular weight is 296 g/mol. The Bertz CT molecular complexity index is 400. The molecule has 6 heteroatoms. The van der Waals surface area contributed by atoms with E-state index in [9.17, 15) is 14.4 Å². The van der Waals surface area contributed by atoms with Crippen molar-refractivity contribution in [2.24, 2.45) is 5.92 Å². The lowest BCUT2D eigenvalue weighted by atomic mass is 9.86. The first kappa shape index (κ1) is 15.8. The van der Waals surface area contributed by atoms with Gasteiger partial charge in [0.15, 0.2) is 6.10 Å². The minimum Gasteiger partial charge on any atom is -0.452 e. The number of urea groups is 1. The van der Waals surface area contributed by atoms with E-state index in [1.807, 2.05) is 0 Å². The van der Waals surface area contributed by atoms with Crippen molar-refractivity contribution in [3.05, 3.63) is 0 Å². The van der Waals surface area contributed by atoms with Crippen molar-refractivity contribution in [3.8, 4) is 0 Å². The van der Waals surface area contributed by atoms with Crippen molar-refractivity contribution in [3.63, 3.8) is 0 Å². The van der Waals surface area contributed by atoms with Gasteiger partial charge in [0.05, 0.1) is 5.92 Å². The fourth-order valence-electron chi connectivity index (χ4n) is 2.65. The van der Waals surface area contributed by atoms with Gasteiger partial charge in [0.2, 0.25) is 0 Å². The SMILES string of the molecule is C[C@@H](OC(=O)C1CCC1)C(=O)NC(=O)NC1CCCCC1. The van der Waals surface area contributed by atoms with Crippen LogP contribution in [0.2, 0.25) is 0 Å². The summed E-state index contributed by atoms with van der Waals surface area (Å²) in [4.78, 5) is 35.2. The predicted octanol–water partition coefficient (Wildman–Crippen LogP) is 1.88. The van der Waals surface area contributed by atoms with Gasteiger partial charge in [0.1, 0.15) is 0 Å². The highest BCUT2D eigenvalue weighted by atomic mass is 16.5. The number of hydrogen-bond acceptors (Lipinski definition) is 4. The van der Waals surface area contributed by atoms with Crippen molar-refractivity contribution >= 4 is 17.9 Å². The fourth-order valence-corrected chi connectivity index (χ4v) is 2.65. The third kappa shape index (κ3) is 4.72. The molecule has 0 aromatic carbocycles. The lowest BCUT2D eigenvalue weighted by Gasteiger charge is -2.25. The predicted molar refractivity (Wildman–Crippen MR) is 76.4 cm³/mol. The molecule has 2 aliphatic carbocycles. The number of carbonyl (C=O) groups is 3. The Labute approximate surface area is 125 Å². The number of carbonyl (C=O) groups excluding carboxylic acids is 3. The molecule has 2 rings (SSSR count). The smallest absolute Gasteiger partial charge is 0.321 e. The summed E-state index contributed by atoms with van der Waals surface area (Å²) >= 11 is 0. The van der Waals surface area contributed by atoms with Crippen LogP contribution in [0, 0.1) is 5.92 Å². The minimum atomic E-state index is -0.935. The van der Waals surface area contributed by atoms with Crippen LogP contribution in [0.3, 0.4) is 0 Å². The summed E-state index contributed by atoms with van der Waals surface area (Å²) < 4.78 is 5.08. The van der Waals surface area contributed by atoms with Gasteiger partial charge in [-0.1, -0.05) is 25.7 Å². The molecule has 0 unspecified atom stereocenters. The van der Waals surface area contributed by atoms with Crippen LogP contribution < -0.4 is 10.6 Å². The number of hydrogen-bond donors (Lipinski definition) is 2. The van der Waals surface area contributed by atoms with E-state index >= 15 is 0 Å². The van der Waals surface area contributed by atoms with E-state index in [-0.39, 0.29) is 17.9 Å². The zero-order valence-corrected chi connectivity index (χ0v) is 12.5. The van der Waals surface area contributed by atoms with Crippen molar-refractivity contribution in [1.29, 1.82) is 0 Å². The highest BCUT2D eigenvalue weighted by Crippen LogP contribution is 2.27. The van der Waals surface area contributed by atoms with E-state index in [2.05, 4.69) is 10.6 Å². The first-order chi connectivity index (χ1) is 10.1. The number of nitrogens with one attached hydrogen (secondary N) is 2. The third-order valence-electron chi connectivity index (χ3n) is 4.28. The van der Waals surface area contributed by atoms with Crippen LogP contribution in [0.15, 0.2) is 0 Å². The van der Waals surface area contributed by atoms with E-state index in [1.54, 1.807) is 0 Å². The molecule has 0 spiro atoms. The normalized spacial score (nSPS) is 21.0. The molecule has 6 nitrogen and oxygen atoms in total. The Morgan fingerprint density at radius 2 is 1.67 bits per heavy atom. The van der Waals surface area contributed by atoms with Crippen LogP contribution >= 0.6 is 0 Å². The summed E-state index contributed by atoms with van der Waals surface area (Å²) in [5, 5.41) is 5.03. The third-order valence-corrected chi connectivity index (χ3v) is 4.28. The molecule has 0 heterocycles. The lowest BCUT2D eigenvalue weighted by Crippen LogP contribution is -2.48. The zero-order chi connectivity index (χ0) is 15.2. The number of ether oxygens (including phenoxy) is 1. The van der Waals surface area contributed by atoms with Gasteiger partial charge in [-0.25, -0.2) is 4.79 Å². The quantitative estimate of drug-likeness (QED) is 0.776. The number of imide groups is 1. The second kappa shape index (κ2) is 7.43. The van der Waals surface area contributed by atoms with E-state index in [1.165, 1.54) is 13.3 Å². The molecule has 2 saturated carbocycles. The molecule has 3 amide bonds. The van der Waals surface area contributed by atoms with E-state index in [4.69, 9.17) is 4.74 Å². The zero-order valence-electron chi connectivity index (χ0n) is 12.5. The van der Waals surface area contributed by atoms with Gasteiger partial charge < -0.3 is 10.1 Å². The van der Waals surface area contributed by atoms with E-state index in [0.29, 0.717) is 0 Å². The summed E-state index contributed by atoms with van der Waals surface area (Å²) in [5.41, 5.74) is 0. The van der Waals surface area contributed by atoms with Gasteiger partial charge >= 0.3 is 12.0 Å². The fraction of sp³-hybridized carbons (Fsp3) is 0.800. The van der Waals surface area contributed by atoms with Crippen LogP contribution in [-0.4, -0.2) is 30.1 Å². The molecule has 21 heavy (non-hydrogen) atoms. The highest BCUT2D eigenvalue weighted by Gasteiger charge is 2.30. The maximum Gasteiger partial charge on any atom is 0.321 e. The number of rotatable bonds is 4. The van der Waals surface area contributed by atoms with E-state index in [0.717, 1.165) is 44.9 Å². The van der Waals surface area contributed by atoms with Gasteiger partial charge in [0, 0.05) is 6.04 Å². The Kier molecular flexibility index (Phi) is 5.59. The average Bonchev–Trinajstić information content (AvgIpc) is 2.37. The number of amides is 3. The molecule has 0 bridgehead atoms. The first-order valence-corrected chi connectivity index (χ1v) is 7.88. The van der Waals surface area contributed by atoms with Crippen LogP contribution in [0.25, 0.3) is 0 Å². The molecule has 0 aliphatic heterocycles. The Morgan fingerprint density at radius 3 is 2.24 bits per heavy atom. The first-order valence-electron chi connectivity index (χ1n) is 7.88. The minimum absolute atomic E-state index is 0.0729. The molecule has 118 valence electrons. The molecule has 0 aromatic heterocycles. The Hall–Kier alpha value is -1.59. The topological polar surface area (TPSA) is 84.5 Å². The molecule has 2 aliphatic rings. The Balaban J connectivity index is 1.69. The maximum absolute atomic E-state index is 11.8. The van der Waals surface area contributed by atoms with Crippen LogP contribution in [0.1, 0.15) is 58.3 Å². The Morgan fingerprint density at radius 1 is 1.00 bits per heavy atom. The summed E-state index contributed by atoms with van der Waals surface area (Å²) in [6.07, 6.45) is 7.07. The molecule has 1 atom stereocenters. The molecule has 2 N–H and O–H groups in total. The second-order valence-corrected chi connectivity index (χ2v) is 6.00. The van der Waals surface area contributed by atoms with Crippen molar-refractivity contribution in [2.75, 3.05) is 0 Å². The van der Waals surface area contributed by atoms with Gasteiger partial charge in [0.25, 0.3) is 5.91 Å². The van der Waals surface area contributed by atoms with Crippen molar-refractivity contribution in [2.45, 2.75) is 70.4 Å². The van der Waals surface area contributed by atoms with Crippen LogP contribution in [0.4, 0.5) is 4.79 Å². The van der Waals surface area contributed by atoms with Gasteiger partial charge in [-0.2, -0.15) is 0 Å². The summed E-state index contributed by atoms with van der Waals surface area (Å²) in [5.74, 6) is -0.983. The standard InChI is InChI=1S/C15H24N2O4/c1-10(21-14(19)11-6-5-7-11)13(18)17-15(20)16-12-8-3-2-4-9-12/h10-12H,2-9H2,1H3,(H2,16,17,18,20)/t10-/m1/s1. The van der Waals surface area contributed by atoms with Gasteiger partial charge in [-0.15, -0.1) is 0 Å². The summed E-state index contributed by atoms with van der Waals surface area (Å²) in [6, 6.07) is -0.363. The maximum atomic E-state index is 11.8. The molecular weight excluding hydrogens is 272 g/mol. The monoisotopic (exact) mass is 296 g/mol. The summed E-state index contributed by atoms with van der Waals surface area (Å²) in [6.45, 7) is 1.49. The molecule has 0 saturated heterocycles. The molecule has 0 aromatic rings. The number of esters is 1. The second-order valence-electron chi connectivity index (χ2n) is 6.00. The molecular formula is C15H24N2O4. The van der Waals surface area contributed by atoms with Crippen LogP contribution in [0.5, 0.6) is 0 Å².